The highest BCUT2D eigenvalue weighted by molar-refractivity contribution is 5.78. The van der Waals surface area contributed by atoms with Gasteiger partial charge in [0.25, 0.3) is 5.69 Å². The van der Waals surface area contributed by atoms with Gasteiger partial charge in [0, 0.05) is 23.8 Å². The number of halogens is 1. The van der Waals surface area contributed by atoms with Crippen LogP contribution in [-0.2, 0) is 0 Å². The molecule has 6 nitrogen and oxygen atoms in total. The zero-order chi connectivity index (χ0) is 16.2. The standard InChI is InChI=1S/C16H12FN3O3/c17-6-7-23-13-4-5-14-15(9-13)19-16(10-18-14)11-2-1-3-12(8-11)20(21)22/h1-5,8-10H,6-7H2. The van der Waals surface area contributed by atoms with E-state index >= 15 is 0 Å². The molecule has 0 spiro atoms. The summed E-state index contributed by atoms with van der Waals surface area (Å²) in [6.45, 7) is -0.596. The SMILES string of the molecule is O=[N+]([O-])c1cccc(-c2cnc3ccc(OCCF)cc3n2)c1. The van der Waals surface area contributed by atoms with E-state index in [0.717, 1.165) is 0 Å². The highest BCUT2D eigenvalue weighted by Gasteiger charge is 2.09. The van der Waals surface area contributed by atoms with Gasteiger partial charge in [0.15, 0.2) is 0 Å². The van der Waals surface area contributed by atoms with Crippen molar-refractivity contribution in [2.24, 2.45) is 0 Å². The van der Waals surface area contributed by atoms with Crippen LogP contribution in [0.1, 0.15) is 0 Å². The van der Waals surface area contributed by atoms with Crippen LogP contribution < -0.4 is 4.74 Å². The molecule has 23 heavy (non-hydrogen) atoms. The first-order chi connectivity index (χ1) is 11.2. The van der Waals surface area contributed by atoms with E-state index in [-0.39, 0.29) is 12.3 Å². The minimum atomic E-state index is -0.572. The predicted molar refractivity (Wildman–Crippen MR) is 83.1 cm³/mol. The molecule has 3 rings (SSSR count). The van der Waals surface area contributed by atoms with E-state index in [9.17, 15) is 14.5 Å². The monoisotopic (exact) mass is 313 g/mol. The van der Waals surface area contributed by atoms with Gasteiger partial charge < -0.3 is 4.74 Å². The third kappa shape index (κ3) is 3.23. The van der Waals surface area contributed by atoms with E-state index in [0.29, 0.717) is 28.0 Å². The van der Waals surface area contributed by atoms with Crippen molar-refractivity contribution in [3.05, 3.63) is 58.8 Å². The second-order valence-corrected chi connectivity index (χ2v) is 4.75. The number of fused-ring (bicyclic) bond motifs is 1. The molecule has 0 unspecified atom stereocenters. The number of ether oxygens (including phenoxy) is 1. The maximum absolute atomic E-state index is 12.2. The fourth-order valence-corrected chi connectivity index (χ4v) is 2.16. The molecule has 0 atom stereocenters. The zero-order valence-electron chi connectivity index (χ0n) is 12.0. The molecule has 0 N–H and O–H groups in total. The fraction of sp³-hybridized carbons (Fsp3) is 0.125. The number of hydrogen-bond donors (Lipinski definition) is 0. The molecule has 116 valence electrons. The summed E-state index contributed by atoms with van der Waals surface area (Å²) in [6.07, 6.45) is 1.56. The number of benzene rings is 2. The van der Waals surface area contributed by atoms with Crippen molar-refractivity contribution >= 4 is 16.7 Å². The van der Waals surface area contributed by atoms with Crippen LogP contribution in [0.3, 0.4) is 0 Å². The van der Waals surface area contributed by atoms with Gasteiger partial charge in [-0.2, -0.15) is 0 Å². The molecule has 0 aliphatic carbocycles. The minimum Gasteiger partial charge on any atom is -0.491 e. The van der Waals surface area contributed by atoms with Gasteiger partial charge in [-0.3, -0.25) is 15.1 Å². The van der Waals surface area contributed by atoms with Crippen molar-refractivity contribution < 1.29 is 14.1 Å². The van der Waals surface area contributed by atoms with Crippen molar-refractivity contribution in [1.29, 1.82) is 0 Å². The lowest BCUT2D eigenvalue weighted by atomic mass is 10.1. The normalized spacial score (nSPS) is 10.7. The van der Waals surface area contributed by atoms with E-state index in [2.05, 4.69) is 9.97 Å². The summed E-state index contributed by atoms with van der Waals surface area (Å²) in [4.78, 5) is 19.2. The van der Waals surface area contributed by atoms with Gasteiger partial charge in [-0.15, -0.1) is 0 Å². The number of nitro benzene ring substituents is 1. The van der Waals surface area contributed by atoms with Crippen molar-refractivity contribution in [1.82, 2.24) is 9.97 Å². The Balaban J connectivity index is 2.01. The number of alkyl halides is 1. The molecule has 2 aromatic carbocycles. The molecule has 7 heteroatoms. The number of aromatic nitrogens is 2. The van der Waals surface area contributed by atoms with Gasteiger partial charge in [-0.1, -0.05) is 12.1 Å². The van der Waals surface area contributed by atoms with Gasteiger partial charge >= 0.3 is 0 Å². The van der Waals surface area contributed by atoms with E-state index in [1.54, 1.807) is 36.5 Å². The van der Waals surface area contributed by atoms with Crippen LogP contribution in [0.25, 0.3) is 22.3 Å². The van der Waals surface area contributed by atoms with Gasteiger partial charge in [0.05, 0.1) is 27.8 Å². The average Bonchev–Trinajstić information content (AvgIpc) is 2.59. The van der Waals surface area contributed by atoms with Crippen LogP contribution >= 0.6 is 0 Å². The maximum atomic E-state index is 12.2. The Morgan fingerprint density at radius 3 is 2.83 bits per heavy atom. The second kappa shape index (κ2) is 6.35. The fourth-order valence-electron chi connectivity index (χ4n) is 2.16. The van der Waals surface area contributed by atoms with Crippen LogP contribution in [0.2, 0.25) is 0 Å². The summed E-state index contributed by atoms with van der Waals surface area (Å²) < 4.78 is 17.4. The molecule has 0 amide bonds. The topological polar surface area (TPSA) is 78.2 Å². The number of nitro groups is 1. The second-order valence-electron chi connectivity index (χ2n) is 4.75. The van der Waals surface area contributed by atoms with Crippen molar-refractivity contribution in [2.45, 2.75) is 0 Å². The van der Waals surface area contributed by atoms with Crippen LogP contribution in [0, 0.1) is 10.1 Å². The highest BCUT2D eigenvalue weighted by atomic mass is 19.1. The summed E-state index contributed by atoms with van der Waals surface area (Å²) in [6, 6.07) is 11.3. The molecule has 1 aromatic heterocycles. The van der Waals surface area contributed by atoms with Gasteiger partial charge in [0.2, 0.25) is 0 Å². The zero-order valence-corrected chi connectivity index (χ0v) is 12.0. The molecule has 0 saturated heterocycles. The Morgan fingerprint density at radius 2 is 2.04 bits per heavy atom. The van der Waals surface area contributed by atoms with Crippen LogP contribution in [0.5, 0.6) is 5.75 Å². The van der Waals surface area contributed by atoms with Crippen molar-refractivity contribution in [3.8, 4) is 17.0 Å². The smallest absolute Gasteiger partial charge is 0.270 e. The first-order valence-electron chi connectivity index (χ1n) is 6.88. The first kappa shape index (κ1) is 14.8. The summed E-state index contributed by atoms with van der Waals surface area (Å²) in [5.41, 5.74) is 2.34. The van der Waals surface area contributed by atoms with Gasteiger partial charge in [-0.05, 0) is 12.1 Å². The Kier molecular flexibility index (Phi) is 4.09. The molecule has 0 saturated carbocycles. The predicted octanol–water partition coefficient (Wildman–Crippen LogP) is 3.55. The van der Waals surface area contributed by atoms with Crippen molar-refractivity contribution in [3.63, 3.8) is 0 Å². The molecular formula is C16H12FN3O3. The summed E-state index contributed by atoms with van der Waals surface area (Å²) >= 11 is 0. The molecule has 0 fully saturated rings. The lowest BCUT2D eigenvalue weighted by Crippen LogP contribution is -1.99. The van der Waals surface area contributed by atoms with Crippen LogP contribution in [0.15, 0.2) is 48.7 Å². The molecule has 0 aliphatic heterocycles. The third-order valence-electron chi connectivity index (χ3n) is 3.21. The average molecular weight is 313 g/mol. The third-order valence-corrected chi connectivity index (χ3v) is 3.21. The number of rotatable bonds is 5. The van der Waals surface area contributed by atoms with Crippen LogP contribution in [0.4, 0.5) is 10.1 Å². The Morgan fingerprint density at radius 1 is 1.17 bits per heavy atom. The molecule has 3 aromatic rings. The molecule has 1 heterocycles. The molecule has 0 radical (unpaired) electrons. The molecular weight excluding hydrogens is 301 g/mol. The lowest BCUT2D eigenvalue weighted by molar-refractivity contribution is -0.384. The van der Waals surface area contributed by atoms with Gasteiger partial charge in [-0.25, -0.2) is 9.37 Å². The number of non-ortho nitro benzene ring substituents is 1. The largest absolute Gasteiger partial charge is 0.491 e. The van der Waals surface area contributed by atoms with Gasteiger partial charge in [0.1, 0.15) is 19.0 Å². The summed E-state index contributed by atoms with van der Waals surface area (Å²) in [5.74, 6) is 0.501. The molecule has 0 aliphatic rings. The summed E-state index contributed by atoms with van der Waals surface area (Å²) in [5, 5.41) is 10.9. The van der Waals surface area contributed by atoms with Crippen molar-refractivity contribution in [2.75, 3.05) is 13.3 Å². The quantitative estimate of drug-likeness (QED) is 0.531. The first-order valence-corrected chi connectivity index (χ1v) is 6.88. The van der Waals surface area contributed by atoms with E-state index < -0.39 is 11.6 Å². The minimum absolute atomic E-state index is 0.00979. The summed E-state index contributed by atoms with van der Waals surface area (Å²) in [7, 11) is 0. The van der Waals surface area contributed by atoms with E-state index in [1.807, 2.05) is 0 Å². The highest BCUT2D eigenvalue weighted by Crippen LogP contribution is 2.25. The van der Waals surface area contributed by atoms with E-state index in [4.69, 9.17) is 4.74 Å². The van der Waals surface area contributed by atoms with Crippen LogP contribution in [-0.4, -0.2) is 28.2 Å². The maximum Gasteiger partial charge on any atom is 0.270 e. The number of hydrogen-bond acceptors (Lipinski definition) is 5. The lowest BCUT2D eigenvalue weighted by Gasteiger charge is -2.06. The Hall–Kier alpha value is -3.09. The Bertz CT molecular complexity index is 870. The molecule has 0 bridgehead atoms. The number of nitrogens with zero attached hydrogens (tertiary/aromatic N) is 3. The van der Waals surface area contributed by atoms with E-state index in [1.165, 1.54) is 12.1 Å². The Labute approximate surface area is 130 Å².